The number of benzene rings is 1. The van der Waals surface area contributed by atoms with E-state index in [1.165, 1.54) is 25.4 Å². The Kier molecular flexibility index (Phi) is 4.46. The van der Waals surface area contributed by atoms with Crippen molar-refractivity contribution < 1.29 is 22.7 Å². The highest BCUT2D eigenvalue weighted by atomic mass is 79.9. The summed E-state index contributed by atoms with van der Waals surface area (Å²) in [6, 6.07) is 2.96. The molecule has 3 aromatic rings. The van der Waals surface area contributed by atoms with Gasteiger partial charge in [-0.25, -0.2) is 14.8 Å². The first kappa shape index (κ1) is 17.7. The van der Waals surface area contributed by atoms with Gasteiger partial charge in [0.05, 0.1) is 28.4 Å². The minimum absolute atomic E-state index is 0.184. The number of H-pyrrole nitrogens is 1. The molecule has 0 amide bonds. The molecule has 3 rings (SSSR count). The number of aromatic nitrogens is 3. The molecule has 0 saturated heterocycles. The zero-order chi connectivity index (χ0) is 18.4. The van der Waals surface area contributed by atoms with Crippen molar-refractivity contribution in [3.63, 3.8) is 0 Å². The normalized spacial score (nSPS) is 11.8. The van der Waals surface area contributed by atoms with E-state index in [-0.39, 0.29) is 22.1 Å². The van der Waals surface area contributed by atoms with Crippen LogP contribution >= 0.6 is 27.5 Å². The van der Waals surface area contributed by atoms with Crippen molar-refractivity contribution in [2.75, 3.05) is 7.11 Å². The van der Waals surface area contributed by atoms with Gasteiger partial charge in [0.25, 0.3) is 0 Å². The zero-order valence-corrected chi connectivity index (χ0v) is 14.8. The number of fused-ring (bicyclic) bond motifs is 1. The van der Waals surface area contributed by atoms with Crippen LogP contribution in [0.1, 0.15) is 15.9 Å². The van der Waals surface area contributed by atoms with E-state index in [2.05, 4.69) is 35.6 Å². The average Bonchev–Trinajstić information content (AvgIpc) is 2.98. The molecule has 0 aliphatic heterocycles. The van der Waals surface area contributed by atoms with Crippen LogP contribution in [0.25, 0.3) is 22.2 Å². The van der Waals surface area contributed by atoms with Crippen LogP contribution in [-0.4, -0.2) is 28.0 Å². The molecule has 5 nitrogen and oxygen atoms in total. The second-order valence-electron chi connectivity index (χ2n) is 4.94. The Morgan fingerprint density at radius 2 is 2.08 bits per heavy atom. The van der Waals surface area contributed by atoms with E-state index in [9.17, 15) is 18.0 Å². The summed E-state index contributed by atoms with van der Waals surface area (Å²) in [5.74, 6) is -0.578. The number of carbonyl (C=O) groups is 1. The first-order valence-corrected chi connectivity index (χ1v) is 7.89. The molecule has 130 valence electrons. The number of hydrogen-bond acceptors (Lipinski definition) is 4. The van der Waals surface area contributed by atoms with Crippen LogP contribution in [0.15, 0.2) is 29.0 Å². The highest BCUT2D eigenvalue weighted by Gasteiger charge is 2.36. The van der Waals surface area contributed by atoms with E-state index < -0.39 is 17.7 Å². The molecule has 2 aromatic heterocycles. The Morgan fingerprint density at radius 3 is 2.72 bits per heavy atom. The van der Waals surface area contributed by atoms with Crippen molar-refractivity contribution in [3.05, 3.63) is 45.4 Å². The number of alkyl halides is 3. The Balaban J connectivity index is 2.27. The van der Waals surface area contributed by atoms with E-state index in [4.69, 9.17) is 11.6 Å². The molecule has 0 aliphatic rings. The Hall–Kier alpha value is -2.13. The van der Waals surface area contributed by atoms with Crippen molar-refractivity contribution in [2.24, 2.45) is 0 Å². The Morgan fingerprint density at radius 1 is 1.36 bits per heavy atom. The summed E-state index contributed by atoms with van der Waals surface area (Å²) in [6.07, 6.45) is -2.64. The molecule has 0 unspecified atom stereocenters. The third-order valence-corrected chi connectivity index (χ3v) is 4.52. The number of ether oxygens (including phenoxy) is 1. The third-order valence-electron chi connectivity index (χ3n) is 3.52. The fourth-order valence-electron chi connectivity index (χ4n) is 2.40. The van der Waals surface area contributed by atoms with Crippen LogP contribution in [-0.2, 0) is 10.9 Å². The predicted molar refractivity (Wildman–Crippen MR) is 88.4 cm³/mol. The standard InChI is InChI=1S/C15H8BrClF3N3O2/c1-25-13(24)7-3-2-6-8(4-21-12(6)10(7)16)11-9(15(18,19)20)5-22-14(17)23-11/h2-5,21H,1H3. The Labute approximate surface area is 152 Å². The minimum atomic E-state index is -4.65. The summed E-state index contributed by atoms with van der Waals surface area (Å²) in [5.41, 5.74) is -0.507. The lowest BCUT2D eigenvalue weighted by atomic mass is 10.0. The van der Waals surface area contributed by atoms with Crippen LogP contribution in [0.4, 0.5) is 13.2 Å². The number of nitrogens with one attached hydrogen (secondary N) is 1. The highest BCUT2D eigenvalue weighted by Crippen LogP contribution is 2.40. The van der Waals surface area contributed by atoms with Gasteiger partial charge in [0, 0.05) is 23.3 Å². The summed E-state index contributed by atoms with van der Waals surface area (Å²) in [6.45, 7) is 0. The van der Waals surface area contributed by atoms with E-state index in [1.54, 1.807) is 0 Å². The largest absolute Gasteiger partial charge is 0.465 e. The fraction of sp³-hybridized carbons (Fsp3) is 0.133. The van der Waals surface area contributed by atoms with Gasteiger partial charge in [0.1, 0.15) is 5.56 Å². The molecule has 2 heterocycles. The summed E-state index contributed by atoms with van der Waals surface area (Å²) in [5, 5.41) is 0.127. The van der Waals surface area contributed by atoms with Gasteiger partial charge in [-0.15, -0.1) is 0 Å². The number of esters is 1. The maximum atomic E-state index is 13.3. The lowest BCUT2D eigenvalue weighted by molar-refractivity contribution is -0.137. The van der Waals surface area contributed by atoms with Crippen LogP contribution in [0.3, 0.4) is 0 Å². The first-order valence-electron chi connectivity index (χ1n) is 6.72. The summed E-state index contributed by atoms with van der Waals surface area (Å²) < 4.78 is 44.8. The van der Waals surface area contributed by atoms with Gasteiger partial charge >= 0.3 is 12.1 Å². The number of nitrogens with zero attached hydrogens (tertiary/aromatic N) is 2. The van der Waals surface area contributed by atoms with Crippen LogP contribution < -0.4 is 0 Å². The van der Waals surface area contributed by atoms with Gasteiger partial charge in [-0.1, -0.05) is 6.07 Å². The second kappa shape index (κ2) is 6.30. The summed E-state index contributed by atoms with van der Waals surface area (Å²) in [4.78, 5) is 21.7. The van der Waals surface area contributed by atoms with Crippen LogP contribution in [0.5, 0.6) is 0 Å². The predicted octanol–water partition coefficient (Wildman–Crippen LogP) is 4.85. The smallest absolute Gasteiger partial charge is 0.419 e. The fourth-order valence-corrected chi connectivity index (χ4v) is 3.16. The molecule has 0 spiro atoms. The molecule has 10 heteroatoms. The molecular weight excluding hydrogens is 427 g/mol. The van der Waals surface area contributed by atoms with Crippen molar-refractivity contribution in [1.29, 1.82) is 0 Å². The van der Waals surface area contributed by atoms with Crippen molar-refractivity contribution >= 4 is 44.4 Å². The first-order chi connectivity index (χ1) is 11.7. The molecule has 0 aliphatic carbocycles. The summed E-state index contributed by atoms with van der Waals surface area (Å²) >= 11 is 8.95. The topological polar surface area (TPSA) is 67.9 Å². The monoisotopic (exact) mass is 433 g/mol. The van der Waals surface area contributed by atoms with Crippen molar-refractivity contribution in [1.82, 2.24) is 15.0 Å². The lowest BCUT2D eigenvalue weighted by Gasteiger charge is -2.11. The number of hydrogen-bond donors (Lipinski definition) is 1. The molecule has 25 heavy (non-hydrogen) atoms. The molecule has 1 N–H and O–H groups in total. The molecule has 1 aromatic carbocycles. The van der Waals surface area contributed by atoms with Gasteiger partial charge in [0.2, 0.25) is 5.28 Å². The molecular formula is C15H8BrClF3N3O2. The maximum Gasteiger partial charge on any atom is 0.419 e. The zero-order valence-electron chi connectivity index (χ0n) is 12.4. The van der Waals surface area contributed by atoms with Crippen molar-refractivity contribution in [2.45, 2.75) is 6.18 Å². The second-order valence-corrected chi connectivity index (χ2v) is 6.07. The van der Waals surface area contributed by atoms with Crippen LogP contribution in [0, 0.1) is 0 Å². The van der Waals surface area contributed by atoms with Gasteiger partial charge in [0.15, 0.2) is 0 Å². The van der Waals surface area contributed by atoms with Gasteiger partial charge in [-0.3, -0.25) is 0 Å². The number of halogens is 5. The molecule has 0 saturated carbocycles. The van der Waals surface area contributed by atoms with E-state index in [0.29, 0.717) is 21.6 Å². The number of carbonyl (C=O) groups excluding carboxylic acids is 1. The van der Waals surface area contributed by atoms with Gasteiger partial charge in [-0.2, -0.15) is 13.2 Å². The van der Waals surface area contributed by atoms with Gasteiger partial charge in [-0.05, 0) is 33.6 Å². The van der Waals surface area contributed by atoms with E-state index in [0.717, 1.165) is 0 Å². The number of aromatic amines is 1. The number of rotatable bonds is 2. The minimum Gasteiger partial charge on any atom is -0.465 e. The average molecular weight is 435 g/mol. The maximum absolute atomic E-state index is 13.3. The quantitative estimate of drug-likeness (QED) is 0.463. The lowest BCUT2D eigenvalue weighted by Crippen LogP contribution is -2.09. The highest BCUT2D eigenvalue weighted by molar-refractivity contribution is 9.10. The van der Waals surface area contributed by atoms with E-state index in [1.807, 2.05) is 0 Å². The molecule has 0 fully saturated rings. The van der Waals surface area contributed by atoms with Gasteiger partial charge < -0.3 is 9.72 Å². The van der Waals surface area contributed by atoms with Crippen molar-refractivity contribution in [3.8, 4) is 11.3 Å². The molecule has 0 atom stereocenters. The SMILES string of the molecule is COC(=O)c1ccc2c(-c3nc(Cl)ncc3C(F)(F)F)c[nH]c2c1Br. The summed E-state index contributed by atoms with van der Waals surface area (Å²) in [7, 11) is 1.23. The Bertz CT molecular complexity index is 988. The van der Waals surface area contributed by atoms with E-state index >= 15 is 0 Å². The third kappa shape index (κ3) is 3.09. The molecule has 0 bridgehead atoms. The molecule has 0 radical (unpaired) electrons. The number of methoxy groups -OCH3 is 1. The van der Waals surface area contributed by atoms with Crippen LogP contribution in [0.2, 0.25) is 5.28 Å².